The molecule has 23 heavy (non-hydrogen) atoms. The van der Waals surface area contributed by atoms with Crippen LogP contribution in [0.15, 0.2) is 30.6 Å². The Morgan fingerprint density at radius 3 is 3.13 bits per heavy atom. The normalized spacial score (nSPS) is 16.7. The topological polar surface area (TPSA) is 47.4 Å². The van der Waals surface area contributed by atoms with Crippen LogP contribution < -0.4 is 4.74 Å². The summed E-state index contributed by atoms with van der Waals surface area (Å²) in [5, 5.41) is 0.640. The highest BCUT2D eigenvalue weighted by Crippen LogP contribution is 2.26. The van der Waals surface area contributed by atoms with Gasteiger partial charge in [-0.15, -0.1) is 0 Å². The van der Waals surface area contributed by atoms with Crippen LogP contribution in [0.3, 0.4) is 0 Å². The number of halogens is 1. The number of hydrogen-bond acceptors (Lipinski definition) is 3. The maximum atomic E-state index is 12.7. The van der Waals surface area contributed by atoms with E-state index in [1.165, 1.54) is 0 Å². The number of aromatic nitrogens is 2. The van der Waals surface area contributed by atoms with Crippen LogP contribution in [-0.4, -0.2) is 34.5 Å². The van der Waals surface area contributed by atoms with Crippen molar-refractivity contribution in [3.8, 4) is 5.75 Å². The summed E-state index contributed by atoms with van der Waals surface area (Å²) in [4.78, 5) is 18.8. The smallest absolute Gasteiger partial charge is 0.226 e. The molecule has 0 bridgehead atoms. The maximum Gasteiger partial charge on any atom is 0.226 e. The molecule has 1 atom stereocenters. The van der Waals surface area contributed by atoms with Gasteiger partial charge in [0.25, 0.3) is 0 Å². The number of nitrogens with zero attached hydrogens (tertiary/aromatic N) is 3. The molecule has 1 aliphatic heterocycles. The summed E-state index contributed by atoms with van der Waals surface area (Å²) in [6, 6.07) is 5.46. The van der Waals surface area contributed by atoms with Crippen LogP contribution in [0.2, 0.25) is 5.02 Å². The highest BCUT2D eigenvalue weighted by molar-refractivity contribution is 6.30. The van der Waals surface area contributed by atoms with Crippen LogP contribution in [0.25, 0.3) is 0 Å². The lowest BCUT2D eigenvalue weighted by molar-refractivity contribution is -0.135. The fourth-order valence-corrected chi connectivity index (χ4v) is 3.27. The second-order valence-corrected chi connectivity index (χ2v) is 6.31. The predicted molar refractivity (Wildman–Crippen MR) is 88.5 cm³/mol. The Hall–Kier alpha value is -2.01. The van der Waals surface area contributed by atoms with Gasteiger partial charge in [0.05, 0.1) is 7.11 Å². The van der Waals surface area contributed by atoms with Gasteiger partial charge in [0, 0.05) is 55.5 Å². The lowest BCUT2D eigenvalue weighted by Gasteiger charge is -2.27. The van der Waals surface area contributed by atoms with E-state index < -0.39 is 0 Å². The number of ether oxygens (including phenoxy) is 1. The number of imidazole rings is 1. The Balaban J connectivity index is 1.70. The van der Waals surface area contributed by atoms with Crippen molar-refractivity contribution in [3.63, 3.8) is 0 Å². The molecule has 0 aliphatic carbocycles. The van der Waals surface area contributed by atoms with E-state index in [-0.39, 0.29) is 11.8 Å². The molecular weight excluding hydrogens is 314 g/mol. The number of methoxy groups -OCH3 is 1. The maximum absolute atomic E-state index is 12.7. The van der Waals surface area contributed by atoms with Crippen LogP contribution in [-0.2, 0) is 24.3 Å². The number of carbonyl (C=O) groups excluding carboxylic acids is 1. The second kappa shape index (κ2) is 6.62. The first kappa shape index (κ1) is 15.9. The minimum absolute atomic E-state index is 0.0138. The molecule has 0 spiro atoms. The van der Waals surface area contributed by atoms with Gasteiger partial charge in [-0.25, -0.2) is 4.98 Å². The van der Waals surface area contributed by atoms with Crippen LogP contribution in [0.4, 0.5) is 0 Å². The van der Waals surface area contributed by atoms with Crippen molar-refractivity contribution in [2.45, 2.75) is 25.9 Å². The second-order valence-electron chi connectivity index (χ2n) is 5.88. The van der Waals surface area contributed by atoms with Crippen molar-refractivity contribution in [2.75, 3.05) is 14.2 Å². The molecule has 0 saturated heterocycles. The largest absolute Gasteiger partial charge is 0.496 e. The minimum atomic E-state index is -0.0138. The highest BCUT2D eigenvalue weighted by Gasteiger charge is 2.27. The number of rotatable bonds is 4. The van der Waals surface area contributed by atoms with Gasteiger partial charge in [-0.1, -0.05) is 11.6 Å². The summed E-state index contributed by atoms with van der Waals surface area (Å²) in [6.07, 6.45) is 5.31. The average Bonchev–Trinajstić information content (AvgIpc) is 3.01. The lowest BCUT2D eigenvalue weighted by atomic mass is 9.96. The van der Waals surface area contributed by atoms with E-state index in [0.29, 0.717) is 18.0 Å². The highest BCUT2D eigenvalue weighted by atomic mass is 35.5. The van der Waals surface area contributed by atoms with Gasteiger partial charge in [0.2, 0.25) is 5.91 Å². The molecule has 2 heterocycles. The zero-order valence-corrected chi connectivity index (χ0v) is 14.1. The van der Waals surface area contributed by atoms with E-state index >= 15 is 0 Å². The molecule has 122 valence electrons. The van der Waals surface area contributed by atoms with Gasteiger partial charge in [-0.2, -0.15) is 0 Å². The van der Waals surface area contributed by atoms with Crippen molar-refractivity contribution < 1.29 is 9.53 Å². The van der Waals surface area contributed by atoms with Crippen molar-refractivity contribution in [1.82, 2.24) is 14.5 Å². The SMILES string of the molecule is COc1ccc(Cl)cc1CN(C)C(=O)C1CCn2ccnc2C1. The van der Waals surface area contributed by atoms with Gasteiger partial charge in [0.15, 0.2) is 0 Å². The summed E-state index contributed by atoms with van der Waals surface area (Å²) in [5.74, 6) is 1.86. The zero-order chi connectivity index (χ0) is 16.4. The first-order valence-electron chi connectivity index (χ1n) is 7.66. The number of carbonyl (C=O) groups is 1. The third-order valence-electron chi connectivity index (χ3n) is 4.32. The van der Waals surface area contributed by atoms with Gasteiger partial charge >= 0.3 is 0 Å². The van der Waals surface area contributed by atoms with E-state index in [1.54, 1.807) is 24.3 Å². The van der Waals surface area contributed by atoms with Crippen LogP contribution in [0.1, 0.15) is 17.8 Å². The van der Waals surface area contributed by atoms with E-state index in [1.807, 2.05) is 25.4 Å². The molecule has 0 N–H and O–H groups in total. The number of hydrogen-bond donors (Lipinski definition) is 0. The first-order chi connectivity index (χ1) is 11.1. The first-order valence-corrected chi connectivity index (χ1v) is 8.03. The molecule has 2 aromatic rings. The Morgan fingerprint density at radius 1 is 1.52 bits per heavy atom. The van der Waals surface area contributed by atoms with Gasteiger partial charge in [-0.3, -0.25) is 4.79 Å². The number of fused-ring (bicyclic) bond motifs is 1. The van der Waals surface area contributed by atoms with Gasteiger partial charge < -0.3 is 14.2 Å². The molecule has 1 unspecified atom stereocenters. The van der Waals surface area contributed by atoms with Crippen molar-refractivity contribution in [1.29, 1.82) is 0 Å². The van der Waals surface area contributed by atoms with Crippen molar-refractivity contribution >= 4 is 17.5 Å². The minimum Gasteiger partial charge on any atom is -0.496 e. The molecule has 1 aromatic carbocycles. The number of amides is 1. The lowest BCUT2D eigenvalue weighted by Crippen LogP contribution is -2.36. The standard InChI is InChI=1S/C17H20ClN3O2/c1-20(11-13-9-14(18)3-4-15(13)23-2)17(22)12-5-7-21-8-6-19-16(21)10-12/h3-4,6,8-9,12H,5,7,10-11H2,1-2H3. The summed E-state index contributed by atoms with van der Waals surface area (Å²) in [5.41, 5.74) is 0.910. The van der Waals surface area contributed by atoms with Gasteiger partial charge in [-0.05, 0) is 24.6 Å². The third-order valence-corrected chi connectivity index (χ3v) is 4.56. The van der Waals surface area contributed by atoms with Gasteiger partial charge in [0.1, 0.15) is 11.6 Å². The summed E-state index contributed by atoms with van der Waals surface area (Å²) in [6.45, 7) is 1.33. The molecule has 6 heteroatoms. The molecular formula is C17H20ClN3O2. The molecule has 0 radical (unpaired) electrons. The molecule has 1 amide bonds. The van der Waals surface area contributed by atoms with Crippen LogP contribution in [0.5, 0.6) is 5.75 Å². The molecule has 1 aromatic heterocycles. The molecule has 0 saturated carbocycles. The van der Waals surface area contributed by atoms with E-state index in [9.17, 15) is 4.79 Å². The van der Waals surface area contributed by atoms with Crippen molar-refractivity contribution in [3.05, 3.63) is 47.0 Å². The zero-order valence-electron chi connectivity index (χ0n) is 13.3. The Labute approximate surface area is 140 Å². The Morgan fingerprint density at radius 2 is 2.35 bits per heavy atom. The Kier molecular flexibility index (Phi) is 4.57. The van der Waals surface area contributed by atoms with Crippen molar-refractivity contribution in [2.24, 2.45) is 5.92 Å². The third kappa shape index (κ3) is 3.34. The quantitative estimate of drug-likeness (QED) is 0.864. The Bertz CT molecular complexity index is 714. The molecule has 5 nitrogen and oxygen atoms in total. The molecule has 0 fully saturated rings. The number of benzene rings is 1. The molecule has 1 aliphatic rings. The summed E-state index contributed by atoms with van der Waals surface area (Å²) < 4.78 is 7.47. The van der Waals surface area contributed by atoms with E-state index in [2.05, 4.69) is 9.55 Å². The molecule has 3 rings (SSSR count). The summed E-state index contributed by atoms with van der Waals surface area (Å²) >= 11 is 6.06. The average molecular weight is 334 g/mol. The predicted octanol–water partition coefficient (Wildman–Crippen LogP) is 2.77. The number of aryl methyl sites for hydroxylation is 1. The van der Waals surface area contributed by atoms with E-state index in [4.69, 9.17) is 16.3 Å². The summed E-state index contributed by atoms with van der Waals surface area (Å²) in [7, 11) is 3.44. The fraction of sp³-hybridized carbons (Fsp3) is 0.412. The van der Waals surface area contributed by atoms with Crippen LogP contribution in [0, 0.1) is 5.92 Å². The monoisotopic (exact) mass is 333 g/mol. The fourth-order valence-electron chi connectivity index (χ4n) is 3.08. The van der Waals surface area contributed by atoms with E-state index in [0.717, 1.165) is 30.1 Å². The van der Waals surface area contributed by atoms with Crippen LogP contribution >= 0.6 is 11.6 Å².